The first-order valence-corrected chi connectivity index (χ1v) is 10.2. The number of anilines is 1. The summed E-state index contributed by atoms with van der Waals surface area (Å²) in [5, 5.41) is 0. The van der Waals surface area contributed by atoms with Crippen molar-refractivity contribution in [3.05, 3.63) is 58.4 Å². The molecular formula is C24H32FN3O. The van der Waals surface area contributed by atoms with Crippen molar-refractivity contribution < 1.29 is 9.13 Å². The van der Waals surface area contributed by atoms with Gasteiger partial charge in [-0.15, -0.1) is 0 Å². The molecule has 4 nitrogen and oxygen atoms in total. The van der Waals surface area contributed by atoms with Crippen molar-refractivity contribution >= 4 is 23.4 Å². The second-order valence-electron chi connectivity index (χ2n) is 6.80. The number of fused-ring (bicyclic) bond motifs is 1. The lowest BCUT2D eigenvalue weighted by molar-refractivity contribution is 0.410. The minimum atomic E-state index is -0.245. The average molecular weight is 398 g/mol. The standard InChI is InChI=1S/C22H26FN3O.C2H6/c1-5-14(2)22-18-8-9-20(24)15(3)21(18)25-13-26(22)11-10-16-6-7-17(27-4)12-19(16)23;1-2/h6-9,12-13H,5,10-11,24H2,1-4H3;1-2H3/b22-14+;. The van der Waals surface area contributed by atoms with Gasteiger partial charge in [-0.25, -0.2) is 9.38 Å². The van der Waals surface area contributed by atoms with E-state index in [1.807, 2.05) is 39.2 Å². The van der Waals surface area contributed by atoms with Crippen LogP contribution in [0, 0.1) is 12.7 Å². The molecule has 0 aliphatic carbocycles. The molecule has 3 rings (SSSR count). The largest absolute Gasteiger partial charge is 0.497 e. The lowest BCUT2D eigenvalue weighted by Gasteiger charge is -2.30. The van der Waals surface area contributed by atoms with Crippen LogP contribution in [0.5, 0.6) is 5.75 Å². The zero-order valence-corrected chi connectivity index (χ0v) is 18.3. The van der Waals surface area contributed by atoms with Crippen LogP contribution in [-0.4, -0.2) is 24.9 Å². The predicted octanol–water partition coefficient (Wildman–Crippen LogP) is 6.11. The van der Waals surface area contributed by atoms with Crippen LogP contribution in [-0.2, 0) is 6.42 Å². The highest BCUT2D eigenvalue weighted by molar-refractivity contribution is 5.91. The number of nitrogens with zero attached hydrogens (tertiary/aromatic N) is 2. The number of methoxy groups -OCH3 is 1. The van der Waals surface area contributed by atoms with Gasteiger partial charge in [-0.1, -0.05) is 26.8 Å². The Hall–Kier alpha value is -2.82. The van der Waals surface area contributed by atoms with Crippen LogP contribution in [0.3, 0.4) is 0 Å². The second-order valence-corrected chi connectivity index (χ2v) is 6.80. The molecule has 1 heterocycles. The van der Waals surface area contributed by atoms with E-state index in [4.69, 9.17) is 10.5 Å². The van der Waals surface area contributed by atoms with Gasteiger partial charge in [0, 0.05) is 23.9 Å². The molecule has 1 aliphatic heterocycles. The smallest absolute Gasteiger partial charge is 0.130 e. The topological polar surface area (TPSA) is 50.8 Å². The molecule has 2 aromatic rings. The molecule has 0 radical (unpaired) electrons. The number of nitrogen functional groups attached to an aromatic ring is 1. The molecular weight excluding hydrogens is 365 g/mol. The van der Waals surface area contributed by atoms with Gasteiger partial charge in [-0.3, -0.25) is 0 Å². The zero-order valence-electron chi connectivity index (χ0n) is 18.3. The summed E-state index contributed by atoms with van der Waals surface area (Å²) < 4.78 is 19.4. The normalized spacial score (nSPS) is 14.1. The van der Waals surface area contributed by atoms with Crippen molar-refractivity contribution in [1.29, 1.82) is 0 Å². The maximum Gasteiger partial charge on any atom is 0.130 e. The highest BCUT2D eigenvalue weighted by Crippen LogP contribution is 2.39. The summed E-state index contributed by atoms with van der Waals surface area (Å²) in [6.45, 7) is 10.9. The van der Waals surface area contributed by atoms with E-state index in [1.165, 1.54) is 18.7 Å². The van der Waals surface area contributed by atoms with Gasteiger partial charge >= 0.3 is 0 Å². The van der Waals surface area contributed by atoms with E-state index in [0.29, 0.717) is 24.3 Å². The van der Waals surface area contributed by atoms with E-state index in [0.717, 1.165) is 34.6 Å². The Morgan fingerprint density at radius 1 is 1.21 bits per heavy atom. The van der Waals surface area contributed by atoms with Gasteiger partial charge in [0.2, 0.25) is 0 Å². The number of hydrogen-bond acceptors (Lipinski definition) is 4. The Bertz CT molecular complexity index is 919. The lowest BCUT2D eigenvalue weighted by Crippen LogP contribution is -2.27. The van der Waals surface area contributed by atoms with Gasteiger partial charge in [0.25, 0.3) is 0 Å². The molecule has 0 atom stereocenters. The molecule has 0 fully saturated rings. The van der Waals surface area contributed by atoms with Crippen LogP contribution in [0.1, 0.15) is 50.8 Å². The average Bonchev–Trinajstić information content (AvgIpc) is 2.75. The minimum Gasteiger partial charge on any atom is -0.497 e. The molecule has 0 spiro atoms. The summed E-state index contributed by atoms with van der Waals surface area (Å²) in [5.74, 6) is 0.283. The van der Waals surface area contributed by atoms with Gasteiger partial charge < -0.3 is 15.4 Å². The summed E-state index contributed by atoms with van der Waals surface area (Å²) in [7, 11) is 1.54. The fraction of sp³-hybridized carbons (Fsp3) is 0.375. The van der Waals surface area contributed by atoms with Crippen molar-refractivity contribution in [2.24, 2.45) is 4.99 Å². The van der Waals surface area contributed by atoms with Crippen LogP contribution in [0.4, 0.5) is 15.8 Å². The minimum absolute atomic E-state index is 0.245. The number of halogens is 1. The van der Waals surface area contributed by atoms with Gasteiger partial charge in [0.15, 0.2) is 0 Å². The monoisotopic (exact) mass is 397 g/mol. The van der Waals surface area contributed by atoms with Crippen LogP contribution in [0.2, 0.25) is 0 Å². The molecule has 0 aromatic heterocycles. The molecule has 0 bridgehead atoms. The maximum absolute atomic E-state index is 14.3. The number of rotatable bonds is 5. The third-order valence-electron chi connectivity index (χ3n) is 5.16. The SMILES string of the molecule is CC.CC/C(C)=C1\c2ccc(N)c(C)c2N=CN1CCc1ccc(OC)cc1F. The third kappa shape index (κ3) is 4.78. The van der Waals surface area contributed by atoms with Crippen molar-refractivity contribution in [1.82, 2.24) is 4.90 Å². The summed E-state index contributed by atoms with van der Waals surface area (Å²) in [6.07, 6.45) is 3.34. The highest BCUT2D eigenvalue weighted by atomic mass is 19.1. The quantitative estimate of drug-likeness (QED) is 0.619. The lowest BCUT2D eigenvalue weighted by atomic mass is 9.97. The predicted molar refractivity (Wildman–Crippen MR) is 121 cm³/mol. The van der Waals surface area contributed by atoms with Crippen LogP contribution in [0.15, 0.2) is 40.9 Å². The van der Waals surface area contributed by atoms with E-state index >= 15 is 0 Å². The van der Waals surface area contributed by atoms with E-state index in [1.54, 1.807) is 12.1 Å². The Morgan fingerprint density at radius 2 is 1.93 bits per heavy atom. The molecule has 2 N–H and O–H groups in total. The maximum atomic E-state index is 14.3. The fourth-order valence-electron chi connectivity index (χ4n) is 3.32. The first-order valence-electron chi connectivity index (χ1n) is 10.2. The molecule has 0 unspecified atom stereocenters. The summed E-state index contributed by atoms with van der Waals surface area (Å²) in [4.78, 5) is 6.75. The van der Waals surface area contributed by atoms with Gasteiger partial charge in [-0.2, -0.15) is 0 Å². The van der Waals surface area contributed by atoms with Crippen molar-refractivity contribution in [2.75, 3.05) is 19.4 Å². The number of allylic oxidation sites excluding steroid dienone is 1. The molecule has 0 amide bonds. The highest BCUT2D eigenvalue weighted by Gasteiger charge is 2.22. The van der Waals surface area contributed by atoms with Gasteiger partial charge in [0.05, 0.1) is 24.8 Å². The number of ether oxygens (including phenoxy) is 1. The summed E-state index contributed by atoms with van der Waals surface area (Å²) in [6, 6.07) is 8.96. The van der Waals surface area contributed by atoms with Crippen LogP contribution < -0.4 is 10.5 Å². The molecule has 0 saturated heterocycles. The summed E-state index contributed by atoms with van der Waals surface area (Å²) in [5.41, 5.74) is 12.9. The van der Waals surface area contributed by atoms with Crippen LogP contribution in [0.25, 0.3) is 5.70 Å². The van der Waals surface area contributed by atoms with E-state index in [-0.39, 0.29) is 5.82 Å². The Labute approximate surface area is 173 Å². The fourth-order valence-corrected chi connectivity index (χ4v) is 3.32. The molecule has 156 valence electrons. The van der Waals surface area contributed by atoms with E-state index in [9.17, 15) is 4.39 Å². The number of benzene rings is 2. The summed E-state index contributed by atoms with van der Waals surface area (Å²) >= 11 is 0. The Kier molecular flexibility index (Phi) is 7.82. The Morgan fingerprint density at radius 3 is 2.55 bits per heavy atom. The third-order valence-corrected chi connectivity index (χ3v) is 5.16. The van der Waals surface area contributed by atoms with Crippen molar-refractivity contribution in [3.63, 3.8) is 0 Å². The first kappa shape index (κ1) is 22.5. The number of nitrogens with two attached hydrogens (primary N) is 1. The van der Waals surface area contributed by atoms with Crippen LogP contribution >= 0.6 is 0 Å². The molecule has 29 heavy (non-hydrogen) atoms. The van der Waals surface area contributed by atoms with Gasteiger partial charge in [0.1, 0.15) is 11.6 Å². The number of hydrogen-bond donors (Lipinski definition) is 1. The second kappa shape index (κ2) is 10.1. The Balaban J connectivity index is 0.00000145. The van der Waals surface area contributed by atoms with Crippen molar-refractivity contribution in [2.45, 2.75) is 47.5 Å². The van der Waals surface area contributed by atoms with Gasteiger partial charge in [-0.05, 0) is 61.6 Å². The first-order chi connectivity index (χ1) is 14.0. The molecule has 5 heteroatoms. The zero-order chi connectivity index (χ0) is 21.6. The van der Waals surface area contributed by atoms with E-state index in [2.05, 4.69) is 23.7 Å². The number of aliphatic imine (C=N–C) groups is 1. The van der Waals surface area contributed by atoms with E-state index < -0.39 is 0 Å². The molecule has 0 saturated carbocycles. The van der Waals surface area contributed by atoms with Crippen molar-refractivity contribution in [3.8, 4) is 5.75 Å². The molecule has 1 aliphatic rings. The molecule has 2 aromatic carbocycles.